The van der Waals surface area contributed by atoms with E-state index in [0.717, 1.165) is 40.8 Å². The maximum absolute atomic E-state index is 11.8. The minimum Gasteiger partial charge on any atom is -0.473 e. The van der Waals surface area contributed by atoms with Gasteiger partial charge >= 0.3 is 0 Å². The molecule has 3 aliphatic rings. The number of hydrogen-bond acceptors (Lipinski definition) is 7. The van der Waals surface area contributed by atoms with Crippen molar-refractivity contribution in [3.63, 3.8) is 0 Å². The van der Waals surface area contributed by atoms with Crippen molar-refractivity contribution in [3.05, 3.63) is 36.7 Å². The van der Waals surface area contributed by atoms with E-state index in [1.54, 1.807) is 0 Å². The zero-order chi connectivity index (χ0) is 24.2. The molecule has 10 heteroatoms. The molecule has 1 aliphatic carbocycles. The van der Waals surface area contributed by atoms with Crippen LogP contribution in [0.2, 0.25) is 0 Å². The van der Waals surface area contributed by atoms with Gasteiger partial charge in [-0.25, -0.2) is 18.4 Å². The Hall–Kier alpha value is -3.14. The standard InChI is InChI=1S/C25H29N5O4S/c1-16(18-12-23(31)26-14-18)34-25-24-22(27-15-30(24)20-6-7-20)13-21(28-25)17-2-4-19(5-3-17)29-8-10-35(32,33)11-9-29/h2-5,13,15-16,18,20H,6-12,14H2,1H3,(H,26,31)/t16-,18-/m1/s1. The minimum absolute atomic E-state index is 0.0618. The summed E-state index contributed by atoms with van der Waals surface area (Å²) in [5.74, 6) is 1.11. The van der Waals surface area contributed by atoms with Crippen LogP contribution in [-0.2, 0) is 14.6 Å². The molecule has 3 fully saturated rings. The van der Waals surface area contributed by atoms with Gasteiger partial charge in [0, 0.05) is 49.3 Å². The first-order chi connectivity index (χ1) is 16.9. The number of anilines is 1. The van der Waals surface area contributed by atoms with E-state index in [1.165, 1.54) is 0 Å². The third-order valence-corrected chi connectivity index (χ3v) is 8.91. The molecule has 1 aromatic carbocycles. The van der Waals surface area contributed by atoms with E-state index in [9.17, 15) is 13.2 Å². The number of rotatable bonds is 6. The largest absolute Gasteiger partial charge is 0.473 e. The molecule has 0 spiro atoms. The third kappa shape index (κ3) is 4.47. The number of benzene rings is 1. The summed E-state index contributed by atoms with van der Waals surface area (Å²) in [6.07, 6.45) is 4.43. The first-order valence-corrected chi connectivity index (χ1v) is 14.1. The molecule has 6 rings (SSSR count). The Labute approximate surface area is 204 Å². The normalized spacial score (nSPS) is 22.8. The number of carbonyl (C=O) groups is 1. The van der Waals surface area contributed by atoms with Crippen molar-refractivity contribution in [1.29, 1.82) is 0 Å². The number of carbonyl (C=O) groups excluding carboxylic acids is 1. The van der Waals surface area contributed by atoms with E-state index in [2.05, 4.69) is 19.8 Å². The van der Waals surface area contributed by atoms with Gasteiger partial charge in [0.05, 0.1) is 29.0 Å². The van der Waals surface area contributed by atoms with Gasteiger partial charge in [-0.05, 0) is 38.0 Å². The summed E-state index contributed by atoms with van der Waals surface area (Å²) < 4.78 is 32.1. The molecule has 9 nitrogen and oxygen atoms in total. The molecular formula is C25H29N5O4S. The van der Waals surface area contributed by atoms with Gasteiger partial charge in [0.15, 0.2) is 9.84 Å². The third-order valence-electron chi connectivity index (χ3n) is 7.30. The Morgan fingerprint density at radius 2 is 1.89 bits per heavy atom. The summed E-state index contributed by atoms with van der Waals surface area (Å²) in [5.41, 5.74) is 4.47. The van der Waals surface area contributed by atoms with Crippen LogP contribution < -0.4 is 15.0 Å². The van der Waals surface area contributed by atoms with Crippen molar-refractivity contribution in [2.45, 2.75) is 38.3 Å². The van der Waals surface area contributed by atoms with Crippen molar-refractivity contribution in [3.8, 4) is 17.1 Å². The van der Waals surface area contributed by atoms with E-state index < -0.39 is 9.84 Å². The number of aromatic nitrogens is 3. The van der Waals surface area contributed by atoms with Crippen LogP contribution in [0, 0.1) is 5.92 Å². The summed E-state index contributed by atoms with van der Waals surface area (Å²) in [6, 6.07) is 10.5. The second-order valence-electron chi connectivity index (χ2n) is 9.84. The minimum atomic E-state index is -2.92. The predicted molar refractivity (Wildman–Crippen MR) is 133 cm³/mol. The van der Waals surface area contributed by atoms with Gasteiger partial charge < -0.3 is 19.5 Å². The predicted octanol–water partition coefficient (Wildman–Crippen LogP) is 2.57. The maximum Gasteiger partial charge on any atom is 0.241 e. The van der Waals surface area contributed by atoms with Crippen LogP contribution in [0.3, 0.4) is 0 Å². The molecule has 1 saturated carbocycles. The number of fused-ring (bicyclic) bond motifs is 1. The highest BCUT2D eigenvalue weighted by Crippen LogP contribution is 2.40. The fourth-order valence-corrected chi connectivity index (χ4v) is 6.13. The fraction of sp³-hybridized carbons (Fsp3) is 0.480. The van der Waals surface area contributed by atoms with E-state index in [0.29, 0.717) is 38.0 Å². The molecule has 1 N–H and O–H groups in total. The van der Waals surface area contributed by atoms with Gasteiger partial charge in [-0.2, -0.15) is 0 Å². The molecule has 3 aromatic rings. The summed E-state index contributed by atoms with van der Waals surface area (Å²) in [4.78, 5) is 23.4. The second-order valence-corrected chi connectivity index (χ2v) is 12.1. The second kappa shape index (κ2) is 8.51. The number of amides is 1. The Balaban J connectivity index is 1.31. The van der Waals surface area contributed by atoms with Crippen LogP contribution in [0.15, 0.2) is 36.7 Å². The topological polar surface area (TPSA) is 106 Å². The molecule has 2 saturated heterocycles. The monoisotopic (exact) mass is 495 g/mol. The number of sulfone groups is 1. The average Bonchev–Trinajstić information content (AvgIpc) is 3.44. The lowest BCUT2D eigenvalue weighted by atomic mass is 10.0. The van der Waals surface area contributed by atoms with Crippen molar-refractivity contribution in [2.75, 3.05) is 36.0 Å². The van der Waals surface area contributed by atoms with Crippen molar-refractivity contribution < 1.29 is 17.9 Å². The number of pyridine rings is 1. The first-order valence-electron chi connectivity index (χ1n) is 12.2. The van der Waals surface area contributed by atoms with Crippen molar-refractivity contribution in [2.24, 2.45) is 5.92 Å². The summed E-state index contributed by atoms with van der Waals surface area (Å²) >= 11 is 0. The summed E-state index contributed by atoms with van der Waals surface area (Å²) in [7, 11) is -2.92. The van der Waals surface area contributed by atoms with Crippen LogP contribution in [0.1, 0.15) is 32.2 Å². The van der Waals surface area contributed by atoms with Gasteiger partial charge in [-0.3, -0.25) is 4.79 Å². The molecule has 0 radical (unpaired) electrons. The van der Waals surface area contributed by atoms with Crippen LogP contribution in [0.5, 0.6) is 5.88 Å². The molecule has 2 aromatic heterocycles. The van der Waals surface area contributed by atoms with Crippen molar-refractivity contribution in [1.82, 2.24) is 19.9 Å². The molecular weight excluding hydrogens is 466 g/mol. The highest BCUT2D eigenvalue weighted by atomic mass is 32.2. The van der Waals surface area contributed by atoms with Gasteiger partial charge in [0.2, 0.25) is 11.8 Å². The van der Waals surface area contributed by atoms with E-state index >= 15 is 0 Å². The van der Waals surface area contributed by atoms with Gasteiger partial charge in [-0.1, -0.05) is 12.1 Å². The zero-order valence-corrected chi connectivity index (χ0v) is 20.5. The number of imidazole rings is 1. The number of ether oxygens (including phenoxy) is 1. The fourth-order valence-electron chi connectivity index (χ4n) is 4.93. The SMILES string of the molecule is C[C@@H](Oc1nc(-c2ccc(N3CCS(=O)(=O)CC3)cc2)cc2ncn(C3CC3)c12)[C@H]1CNC(=O)C1. The molecule has 184 valence electrons. The van der Waals surface area contributed by atoms with E-state index in [4.69, 9.17) is 9.72 Å². The number of nitrogens with one attached hydrogen (secondary N) is 1. The van der Waals surface area contributed by atoms with Crippen LogP contribution >= 0.6 is 0 Å². The first kappa shape index (κ1) is 22.3. The highest BCUT2D eigenvalue weighted by molar-refractivity contribution is 7.91. The number of nitrogens with zero attached hydrogens (tertiary/aromatic N) is 4. The Morgan fingerprint density at radius 1 is 1.14 bits per heavy atom. The smallest absolute Gasteiger partial charge is 0.241 e. The van der Waals surface area contributed by atoms with E-state index in [1.807, 2.05) is 43.6 Å². The molecule has 0 unspecified atom stereocenters. The Morgan fingerprint density at radius 3 is 2.54 bits per heavy atom. The Bertz CT molecular complexity index is 1370. The lowest BCUT2D eigenvalue weighted by molar-refractivity contribution is -0.119. The van der Waals surface area contributed by atoms with Gasteiger partial charge in [0.1, 0.15) is 11.6 Å². The zero-order valence-electron chi connectivity index (χ0n) is 19.7. The lowest BCUT2D eigenvalue weighted by Crippen LogP contribution is -2.40. The lowest BCUT2D eigenvalue weighted by Gasteiger charge is -2.28. The quantitative estimate of drug-likeness (QED) is 0.560. The van der Waals surface area contributed by atoms with Crippen molar-refractivity contribution >= 4 is 32.5 Å². The summed E-state index contributed by atoms with van der Waals surface area (Å²) in [6.45, 7) is 3.64. The van der Waals surface area contributed by atoms with Crippen LogP contribution in [0.4, 0.5) is 5.69 Å². The van der Waals surface area contributed by atoms with Gasteiger partial charge in [-0.15, -0.1) is 0 Å². The molecule has 4 heterocycles. The maximum atomic E-state index is 11.8. The van der Waals surface area contributed by atoms with E-state index in [-0.39, 0.29) is 29.4 Å². The molecule has 2 aliphatic heterocycles. The number of hydrogen-bond donors (Lipinski definition) is 1. The Kier molecular flexibility index (Phi) is 5.43. The molecule has 2 atom stereocenters. The van der Waals surface area contributed by atoms with Crippen LogP contribution in [0.25, 0.3) is 22.3 Å². The molecule has 0 bridgehead atoms. The summed E-state index contributed by atoms with van der Waals surface area (Å²) in [5, 5.41) is 2.89. The molecule has 1 amide bonds. The highest BCUT2D eigenvalue weighted by Gasteiger charge is 2.31. The molecule has 35 heavy (non-hydrogen) atoms. The van der Waals surface area contributed by atoms with Crippen LogP contribution in [-0.4, -0.2) is 66.1 Å². The average molecular weight is 496 g/mol. The van der Waals surface area contributed by atoms with Gasteiger partial charge in [0.25, 0.3) is 0 Å².